The number of benzene rings is 1. The first-order chi connectivity index (χ1) is 9.56. The number of aryl methyl sites for hydroxylation is 1. The van der Waals surface area contributed by atoms with Crippen molar-refractivity contribution in [1.29, 1.82) is 0 Å². The maximum Gasteiger partial charge on any atom is 0.376 e. The lowest BCUT2D eigenvalue weighted by Crippen LogP contribution is -2.05. The molecule has 1 aromatic heterocycles. The lowest BCUT2D eigenvalue weighted by Gasteiger charge is -1.99. The first-order valence-corrected chi connectivity index (χ1v) is 6.56. The van der Waals surface area contributed by atoms with Gasteiger partial charge in [-0.15, -0.1) is 0 Å². The van der Waals surface area contributed by atoms with E-state index in [2.05, 4.69) is 4.98 Å². The second kappa shape index (κ2) is 6.05. The van der Waals surface area contributed by atoms with Gasteiger partial charge in [0.25, 0.3) is 0 Å². The van der Waals surface area contributed by atoms with Crippen molar-refractivity contribution in [3.8, 4) is 11.5 Å². The first-order valence-electron chi connectivity index (χ1n) is 6.19. The highest BCUT2D eigenvalue weighted by Gasteiger charge is 2.21. The van der Waals surface area contributed by atoms with E-state index >= 15 is 0 Å². The van der Waals surface area contributed by atoms with Crippen molar-refractivity contribution in [2.24, 2.45) is 0 Å². The predicted molar refractivity (Wildman–Crippen MR) is 72.2 cm³/mol. The maximum absolute atomic E-state index is 13.4. The van der Waals surface area contributed by atoms with Gasteiger partial charge in [-0.25, -0.2) is 14.2 Å². The van der Waals surface area contributed by atoms with E-state index in [0.717, 1.165) is 0 Å². The van der Waals surface area contributed by atoms with E-state index in [9.17, 15) is 9.18 Å². The molecule has 0 saturated heterocycles. The fourth-order valence-electron chi connectivity index (χ4n) is 1.70. The Labute approximate surface area is 120 Å². The second-order valence-electron chi connectivity index (χ2n) is 4.00. The van der Waals surface area contributed by atoms with Gasteiger partial charge in [0.2, 0.25) is 11.7 Å². The van der Waals surface area contributed by atoms with E-state index in [1.54, 1.807) is 13.0 Å². The standard InChI is InChI=1S/C14H13ClFNO3/c1-3-11-12(14(18)19-4-2)20-13(17-11)8-5-6-9(15)10(16)7-8/h5-7H,3-4H2,1-2H3. The Morgan fingerprint density at radius 1 is 1.45 bits per heavy atom. The molecule has 6 heteroatoms. The molecule has 0 atom stereocenters. The quantitative estimate of drug-likeness (QED) is 0.804. The molecular weight excluding hydrogens is 285 g/mol. The maximum atomic E-state index is 13.4. The van der Waals surface area contributed by atoms with Crippen LogP contribution in [-0.2, 0) is 11.2 Å². The Kier molecular flexibility index (Phi) is 4.39. The predicted octanol–water partition coefficient (Wildman–Crippen LogP) is 3.87. The fraction of sp³-hybridized carbons (Fsp3) is 0.286. The summed E-state index contributed by atoms with van der Waals surface area (Å²) in [5.74, 6) is -0.921. The molecule has 0 radical (unpaired) electrons. The van der Waals surface area contributed by atoms with Crippen LogP contribution >= 0.6 is 11.6 Å². The van der Waals surface area contributed by atoms with Gasteiger partial charge in [-0.05, 0) is 31.5 Å². The summed E-state index contributed by atoms with van der Waals surface area (Å²) in [4.78, 5) is 15.9. The van der Waals surface area contributed by atoms with Crippen LogP contribution in [0.5, 0.6) is 0 Å². The van der Waals surface area contributed by atoms with Crippen LogP contribution in [0.25, 0.3) is 11.5 Å². The van der Waals surface area contributed by atoms with Crippen molar-refractivity contribution in [2.75, 3.05) is 6.61 Å². The smallest absolute Gasteiger partial charge is 0.376 e. The van der Waals surface area contributed by atoms with Crippen LogP contribution < -0.4 is 0 Å². The van der Waals surface area contributed by atoms with Crippen LogP contribution in [0.4, 0.5) is 4.39 Å². The molecule has 0 bridgehead atoms. The molecule has 20 heavy (non-hydrogen) atoms. The molecule has 106 valence electrons. The van der Waals surface area contributed by atoms with Crippen LogP contribution in [0.1, 0.15) is 30.1 Å². The van der Waals surface area contributed by atoms with E-state index in [1.165, 1.54) is 12.1 Å². The van der Waals surface area contributed by atoms with E-state index < -0.39 is 11.8 Å². The van der Waals surface area contributed by atoms with Crippen molar-refractivity contribution >= 4 is 17.6 Å². The lowest BCUT2D eigenvalue weighted by molar-refractivity contribution is 0.0489. The Bertz CT molecular complexity index is 639. The number of rotatable bonds is 4. The van der Waals surface area contributed by atoms with Crippen molar-refractivity contribution in [2.45, 2.75) is 20.3 Å². The molecule has 0 saturated carbocycles. The third-order valence-electron chi connectivity index (χ3n) is 2.66. The Hall–Kier alpha value is -1.88. The van der Waals surface area contributed by atoms with Crippen molar-refractivity contribution in [3.63, 3.8) is 0 Å². The molecule has 2 aromatic rings. The minimum atomic E-state index is -0.572. The lowest BCUT2D eigenvalue weighted by atomic mass is 10.2. The molecule has 0 N–H and O–H groups in total. The third kappa shape index (κ3) is 2.82. The topological polar surface area (TPSA) is 52.3 Å². The average molecular weight is 298 g/mol. The van der Waals surface area contributed by atoms with E-state index in [-0.39, 0.29) is 23.3 Å². The van der Waals surface area contributed by atoms with Gasteiger partial charge in [-0.1, -0.05) is 18.5 Å². The van der Waals surface area contributed by atoms with Gasteiger partial charge in [-0.3, -0.25) is 0 Å². The van der Waals surface area contributed by atoms with Crippen molar-refractivity contribution in [1.82, 2.24) is 4.98 Å². The molecule has 0 fully saturated rings. The molecule has 0 amide bonds. The number of aromatic nitrogens is 1. The number of carbonyl (C=O) groups is 1. The highest BCUT2D eigenvalue weighted by molar-refractivity contribution is 6.30. The molecule has 2 rings (SSSR count). The SMILES string of the molecule is CCOC(=O)c1oc(-c2ccc(Cl)c(F)c2)nc1CC. The highest BCUT2D eigenvalue weighted by Crippen LogP contribution is 2.26. The highest BCUT2D eigenvalue weighted by atomic mass is 35.5. The number of hydrogen-bond acceptors (Lipinski definition) is 4. The van der Waals surface area contributed by atoms with E-state index in [1.807, 2.05) is 6.92 Å². The monoisotopic (exact) mass is 297 g/mol. The fourth-order valence-corrected chi connectivity index (χ4v) is 1.82. The molecular formula is C14H13ClFNO3. The van der Waals surface area contributed by atoms with E-state index in [4.69, 9.17) is 20.8 Å². The number of nitrogens with zero attached hydrogens (tertiary/aromatic N) is 1. The van der Waals surface area contributed by atoms with Crippen LogP contribution in [0, 0.1) is 5.82 Å². The van der Waals surface area contributed by atoms with E-state index in [0.29, 0.717) is 17.7 Å². The van der Waals surface area contributed by atoms with Gasteiger partial charge in [0.15, 0.2) is 0 Å². The number of ether oxygens (including phenoxy) is 1. The summed E-state index contributed by atoms with van der Waals surface area (Å²) in [6.07, 6.45) is 0.508. The first kappa shape index (κ1) is 14.5. The van der Waals surface area contributed by atoms with Gasteiger partial charge in [-0.2, -0.15) is 0 Å². The third-order valence-corrected chi connectivity index (χ3v) is 2.97. The second-order valence-corrected chi connectivity index (χ2v) is 4.40. The molecule has 1 aromatic carbocycles. The number of esters is 1. The van der Waals surface area contributed by atoms with Crippen LogP contribution in [0.3, 0.4) is 0 Å². The largest absolute Gasteiger partial charge is 0.460 e. The molecule has 0 aliphatic rings. The number of oxazole rings is 1. The average Bonchev–Trinajstić information content (AvgIpc) is 2.86. The number of carbonyl (C=O) groups excluding carboxylic acids is 1. The normalized spacial score (nSPS) is 10.6. The summed E-state index contributed by atoms with van der Waals surface area (Å²) >= 11 is 5.62. The van der Waals surface area contributed by atoms with Gasteiger partial charge >= 0.3 is 5.97 Å². The summed E-state index contributed by atoms with van der Waals surface area (Å²) in [5.41, 5.74) is 0.894. The summed E-state index contributed by atoms with van der Waals surface area (Å²) in [5, 5.41) is 0.0154. The van der Waals surface area contributed by atoms with Gasteiger partial charge in [0.05, 0.1) is 17.3 Å². The summed E-state index contributed by atoms with van der Waals surface area (Å²) in [6.45, 7) is 3.79. The van der Waals surface area contributed by atoms with Crippen molar-refractivity contribution < 1.29 is 18.3 Å². The Balaban J connectivity index is 2.42. The number of hydrogen-bond donors (Lipinski definition) is 0. The van der Waals surface area contributed by atoms with Gasteiger partial charge < -0.3 is 9.15 Å². The molecule has 0 unspecified atom stereocenters. The Morgan fingerprint density at radius 3 is 2.80 bits per heavy atom. The zero-order chi connectivity index (χ0) is 14.7. The van der Waals surface area contributed by atoms with Crippen LogP contribution in [0.15, 0.2) is 22.6 Å². The van der Waals surface area contributed by atoms with Crippen molar-refractivity contribution in [3.05, 3.63) is 40.5 Å². The molecule has 0 aliphatic carbocycles. The Morgan fingerprint density at radius 2 is 2.20 bits per heavy atom. The molecule has 0 spiro atoms. The minimum Gasteiger partial charge on any atom is -0.460 e. The minimum absolute atomic E-state index is 0.0154. The van der Waals surface area contributed by atoms with Gasteiger partial charge in [0, 0.05) is 5.56 Å². The van der Waals surface area contributed by atoms with Crippen LogP contribution in [-0.4, -0.2) is 17.6 Å². The molecule has 4 nitrogen and oxygen atoms in total. The zero-order valence-corrected chi connectivity index (χ0v) is 11.8. The van der Waals surface area contributed by atoms with Gasteiger partial charge in [0.1, 0.15) is 5.82 Å². The summed E-state index contributed by atoms with van der Waals surface area (Å²) in [6, 6.07) is 4.19. The summed E-state index contributed by atoms with van der Waals surface area (Å²) < 4.78 is 23.7. The summed E-state index contributed by atoms with van der Waals surface area (Å²) in [7, 11) is 0. The van der Waals surface area contributed by atoms with Crippen LogP contribution in [0.2, 0.25) is 5.02 Å². The molecule has 0 aliphatic heterocycles. The molecule has 1 heterocycles. The zero-order valence-electron chi connectivity index (χ0n) is 11.1. The number of halogens is 2.